The third-order valence-corrected chi connectivity index (χ3v) is 5.10. The lowest BCUT2D eigenvalue weighted by atomic mass is 10.3. The predicted octanol–water partition coefficient (Wildman–Crippen LogP) is 3.13. The molecule has 1 N–H and O–H groups in total. The van der Waals surface area contributed by atoms with Crippen LogP contribution < -0.4 is 14.4 Å². The number of benzene rings is 2. The Labute approximate surface area is 146 Å². The summed E-state index contributed by atoms with van der Waals surface area (Å²) in [6.45, 7) is 1.43. The highest BCUT2D eigenvalue weighted by Gasteiger charge is 2.16. The number of anilines is 2. The summed E-state index contributed by atoms with van der Waals surface area (Å²) in [7, 11) is -0.674. The molecule has 2 rings (SSSR count). The van der Waals surface area contributed by atoms with Crippen LogP contribution in [0, 0.1) is 0 Å². The maximum atomic E-state index is 12.4. The Hall–Kier alpha value is -2.25. The van der Waals surface area contributed by atoms with Crippen LogP contribution >= 0.6 is 11.6 Å². The van der Waals surface area contributed by atoms with Gasteiger partial charge in [-0.25, -0.2) is 8.42 Å². The minimum Gasteiger partial charge on any atom is -0.495 e. The fourth-order valence-electron chi connectivity index (χ4n) is 1.97. The first-order valence-electron chi connectivity index (χ1n) is 6.95. The van der Waals surface area contributed by atoms with Gasteiger partial charge in [0.15, 0.2) is 0 Å². The standard InChI is InChI=1S/C16H17ClN2O4S/c1-11(20)19(2)13-5-7-14(8-6-13)24(21,22)18-12-4-9-16(23-3)15(17)10-12/h4-10,18H,1-3H3. The molecule has 0 aliphatic carbocycles. The van der Waals surface area contributed by atoms with E-state index in [1.54, 1.807) is 31.3 Å². The number of halogens is 1. The van der Waals surface area contributed by atoms with Gasteiger partial charge in [-0.1, -0.05) is 11.6 Å². The molecule has 6 nitrogen and oxygen atoms in total. The number of amides is 1. The van der Waals surface area contributed by atoms with Gasteiger partial charge in [-0.2, -0.15) is 0 Å². The first-order valence-corrected chi connectivity index (χ1v) is 8.81. The Kier molecular flexibility index (Phi) is 5.36. The van der Waals surface area contributed by atoms with E-state index in [0.29, 0.717) is 22.1 Å². The second kappa shape index (κ2) is 7.11. The lowest BCUT2D eigenvalue weighted by molar-refractivity contribution is -0.116. The van der Waals surface area contributed by atoms with Crippen molar-refractivity contribution in [2.75, 3.05) is 23.8 Å². The molecule has 1 amide bonds. The van der Waals surface area contributed by atoms with Gasteiger partial charge in [0.25, 0.3) is 10.0 Å². The Balaban J connectivity index is 2.24. The van der Waals surface area contributed by atoms with Crippen LogP contribution in [0.25, 0.3) is 0 Å². The van der Waals surface area contributed by atoms with Crippen molar-refractivity contribution in [2.45, 2.75) is 11.8 Å². The predicted molar refractivity (Wildman–Crippen MR) is 94.3 cm³/mol. The Morgan fingerprint density at radius 2 is 1.79 bits per heavy atom. The molecule has 0 bridgehead atoms. The molecule has 0 aromatic heterocycles. The van der Waals surface area contributed by atoms with Gasteiger partial charge in [0.05, 0.1) is 22.7 Å². The topological polar surface area (TPSA) is 75.7 Å². The second-order valence-electron chi connectivity index (χ2n) is 5.03. The highest BCUT2D eigenvalue weighted by Crippen LogP contribution is 2.28. The normalized spacial score (nSPS) is 11.0. The molecular weight excluding hydrogens is 352 g/mol. The molecule has 0 radical (unpaired) electrons. The molecule has 0 atom stereocenters. The molecule has 0 saturated carbocycles. The summed E-state index contributed by atoms with van der Waals surface area (Å²) in [5.74, 6) is 0.313. The minimum absolute atomic E-state index is 0.0788. The van der Waals surface area contributed by atoms with Crippen LogP contribution in [0.4, 0.5) is 11.4 Å². The number of rotatable bonds is 5. The summed E-state index contributed by atoms with van der Waals surface area (Å²) in [5, 5.41) is 0.302. The molecule has 128 valence electrons. The number of hydrogen-bond donors (Lipinski definition) is 1. The van der Waals surface area contributed by atoms with Gasteiger partial charge in [-0.15, -0.1) is 0 Å². The van der Waals surface area contributed by atoms with Crippen molar-refractivity contribution >= 4 is 38.9 Å². The molecule has 0 spiro atoms. The molecule has 0 saturated heterocycles. The zero-order valence-corrected chi connectivity index (χ0v) is 15.0. The SMILES string of the molecule is COc1ccc(NS(=O)(=O)c2ccc(N(C)C(C)=O)cc2)cc1Cl. The van der Waals surface area contributed by atoms with Gasteiger partial charge in [-0.05, 0) is 42.5 Å². The summed E-state index contributed by atoms with van der Waals surface area (Å²) in [6.07, 6.45) is 0. The molecule has 2 aromatic rings. The third kappa shape index (κ3) is 3.98. The van der Waals surface area contributed by atoms with E-state index < -0.39 is 10.0 Å². The van der Waals surface area contributed by atoms with Gasteiger partial charge in [0.2, 0.25) is 5.91 Å². The van der Waals surface area contributed by atoms with Crippen LogP contribution in [0.1, 0.15) is 6.92 Å². The number of carbonyl (C=O) groups is 1. The maximum Gasteiger partial charge on any atom is 0.261 e. The maximum absolute atomic E-state index is 12.4. The first-order chi connectivity index (χ1) is 11.2. The zero-order valence-electron chi connectivity index (χ0n) is 13.4. The Morgan fingerprint density at radius 1 is 1.17 bits per heavy atom. The van der Waals surface area contributed by atoms with Crippen molar-refractivity contribution in [2.24, 2.45) is 0 Å². The lowest BCUT2D eigenvalue weighted by Crippen LogP contribution is -2.22. The average molecular weight is 369 g/mol. The number of carbonyl (C=O) groups excluding carboxylic acids is 1. The van der Waals surface area contributed by atoms with Crippen molar-refractivity contribution in [1.82, 2.24) is 0 Å². The average Bonchev–Trinajstić information content (AvgIpc) is 2.54. The fourth-order valence-corrected chi connectivity index (χ4v) is 3.28. The third-order valence-electron chi connectivity index (χ3n) is 3.41. The van der Waals surface area contributed by atoms with Gasteiger partial charge in [0.1, 0.15) is 5.75 Å². The minimum atomic E-state index is -3.77. The van der Waals surface area contributed by atoms with E-state index in [1.165, 1.54) is 37.1 Å². The molecule has 24 heavy (non-hydrogen) atoms. The molecule has 8 heteroatoms. The lowest BCUT2D eigenvalue weighted by Gasteiger charge is -2.15. The summed E-state index contributed by atoms with van der Waals surface area (Å²) in [6, 6.07) is 10.6. The largest absolute Gasteiger partial charge is 0.495 e. The van der Waals surface area contributed by atoms with Crippen LogP contribution in [0.3, 0.4) is 0 Å². The number of nitrogens with zero attached hydrogens (tertiary/aromatic N) is 1. The Morgan fingerprint density at radius 3 is 2.29 bits per heavy atom. The van der Waals surface area contributed by atoms with Crippen LogP contribution in [-0.4, -0.2) is 28.5 Å². The fraction of sp³-hybridized carbons (Fsp3) is 0.188. The number of hydrogen-bond acceptors (Lipinski definition) is 4. The van der Waals surface area contributed by atoms with E-state index in [9.17, 15) is 13.2 Å². The summed E-state index contributed by atoms with van der Waals surface area (Å²) in [4.78, 5) is 12.8. The van der Waals surface area contributed by atoms with E-state index in [4.69, 9.17) is 16.3 Å². The second-order valence-corrected chi connectivity index (χ2v) is 7.12. The van der Waals surface area contributed by atoms with Crippen LogP contribution in [0.5, 0.6) is 5.75 Å². The molecule has 2 aromatic carbocycles. The van der Waals surface area contributed by atoms with Crippen molar-refractivity contribution < 1.29 is 17.9 Å². The van der Waals surface area contributed by atoms with E-state index in [-0.39, 0.29) is 10.8 Å². The van der Waals surface area contributed by atoms with E-state index in [0.717, 1.165) is 0 Å². The highest BCUT2D eigenvalue weighted by atomic mass is 35.5. The number of ether oxygens (including phenoxy) is 1. The van der Waals surface area contributed by atoms with E-state index >= 15 is 0 Å². The quantitative estimate of drug-likeness (QED) is 0.879. The summed E-state index contributed by atoms with van der Waals surface area (Å²) < 4.78 is 32.3. The van der Waals surface area contributed by atoms with Crippen molar-refractivity contribution in [3.05, 3.63) is 47.5 Å². The van der Waals surface area contributed by atoms with Crippen molar-refractivity contribution in [1.29, 1.82) is 0 Å². The molecular formula is C16H17ClN2O4S. The molecule has 0 heterocycles. The van der Waals surface area contributed by atoms with Gasteiger partial charge in [-0.3, -0.25) is 9.52 Å². The molecule has 0 aliphatic heterocycles. The van der Waals surface area contributed by atoms with E-state index in [1.807, 2.05) is 0 Å². The van der Waals surface area contributed by atoms with Crippen LogP contribution in [0.15, 0.2) is 47.4 Å². The summed E-state index contributed by atoms with van der Waals surface area (Å²) >= 11 is 5.99. The van der Waals surface area contributed by atoms with Crippen molar-refractivity contribution in [3.63, 3.8) is 0 Å². The van der Waals surface area contributed by atoms with Crippen LogP contribution in [0.2, 0.25) is 5.02 Å². The zero-order chi connectivity index (χ0) is 17.9. The number of methoxy groups -OCH3 is 1. The monoisotopic (exact) mass is 368 g/mol. The number of nitrogens with one attached hydrogen (secondary N) is 1. The van der Waals surface area contributed by atoms with Gasteiger partial charge in [0, 0.05) is 19.7 Å². The Bertz CT molecular complexity index is 851. The highest BCUT2D eigenvalue weighted by molar-refractivity contribution is 7.92. The van der Waals surface area contributed by atoms with Crippen molar-refractivity contribution in [3.8, 4) is 5.75 Å². The number of sulfonamides is 1. The smallest absolute Gasteiger partial charge is 0.261 e. The van der Waals surface area contributed by atoms with Gasteiger partial charge < -0.3 is 9.64 Å². The van der Waals surface area contributed by atoms with Gasteiger partial charge >= 0.3 is 0 Å². The van der Waals surface area contributed by atoms with E-state index in [2.05, 4.69) is 4.72 Å². The molecule has 0 unspecified atom stereocenters. The summed E-state index contributed by atoms with van der Waals surface area (Å²) in [5.41, 5.74) is 0.930. The molecule has 0 aliphatic rings. The molecule has 0 fully saturated rings. The first kappa shape index (κ1) is 18.1. The van der Waals surface area contributed by atoms with Crippen LogP contribution in [-0.2, 0) is 14.8 Å².